The Morgan fingerprint density at radius 2 is 1.94 bits per heavy atom. The van der Waals surface area contributed by atoms with E-state index in [0.29, 0.717) is 18.2 Å². The number of carbonyl (C=O) groups is 1. The third kappa shape index (κ3) is 3.33. The van der Waals surface area contributed by atoms with Gasteiger partial charge in [-0.15, -0.1) is 0 Å². The number of nitrogens with zero attached hydrogens (tertiary/aromatic N) is 1. The van der Waals surface area contributed by atoms with E-state index in [-0.39, 0.29) is 6.03 Å². The predicted molar refractivity (Wildman–Crippen MR) is 65.8 cm³/mol. The number of amides is 2. The van der Waals surface area contributed by atoms with Crippen molar-refractivity contribution in [1.29, 1.82) is 0 Å². The molecule has 17 heavy (non-hydrogen) atoms. The van der Waals surface area contributed by atoms with Crippen molar-refractivity contribution in [2.75, 3.05) is 20.2 Å². The maximum absolute atomic E-state index is 11.0. The topological polar surface area (TPSA) is 67.6 Å². The highest BCUT2D eigenvalue weighted by molar-refractivity contribution is 5.72. The third-order valence-corrected chi connectivity index (χ3v) is 4.00. The first-order valence-corrected chi connectivity index (χ1v) is 6.52. The van der Waals surface area contributed by atoms with Crippen LogP contribution in [0.3, 0.4) is 0 Å². The molecule has 0 spiro atoms. The largest absolute Gasteiger partial charge is 0.381 e. The maximum atomic E-state index is 11.0. The average molecular weight is 241 g/mol. The number of hydrogen-bond acceptors (Lipinski definition) is 3. The van der Waals surface area contributed by atoms with Crippen molar-refractivity contribution in [2.45, 2.75) is 50.3 Å². The molecule has 5 heteroatoms. The van der Waals surface area contributed by atoms with Crippen LogP contribution >= 0.6 is 0 Å². The van der Waals surface area contributed by atoms with E-state index in [0.717, 1.165) is 38.8 Å². The first-order valence-electron chi connectivity index (χ1n) is 6.52. The summed E-state index contributed by atoms with van der Waals surface area (Å²) in [6.07, 6.45) is 5.93. The minimum atomic E-state index is -0.288. The van der Waals surface area contributed by atoms with Gasteiger partial charge in [0, 0.05) is 32.3 Å². The fourth-order valence-corrected chi connectivity index (χ4v) is 2.91. The van der Waals surface area contributed by atoms with Crippen molar-refractivity contribution in [3.63, 3.8) is 0 Å². The quantitative estimate of drug-likeness (QED) is 0.764. The van der Waals surface area contributed by atoms with E-state index in [1.54, 1.807) is 12.0 Å². The van der Waals surface area contributed by atoms with Crippen LogP contribution in [0.15, 0.2) is 0 Å². The van der Waals surface area contributed by atoms with E-state index < -0.39 is 0 Å². The third-order valence-electron chi connectivity index (χ3n) is 4.00. The zero-order valence-electron chi connectivity index (χ0n) is 10.5. The Kier molecular flexibility index (Phi) is 4.23. The summed E-state index contributed by atoms with van der Waals surface area (Å²) in [5, 5.41) is 3.68. The zero-order chi connectivity index (χ0) is 12.3. The molecule has 1 aliphatic heterocycles. The van der Waals surface area contributed by atoms with Crippen molar-refractivity contribution >= 4 is 6.03 Å². The summed E-state index contributed by atoms with van der Waals surface area (Å²) in [4.78, 5) is 12.7. The van der Waals surface area contributed by atoms with E-state index in [9.17, 15) is 4.79 Å². The van der Waals surface area contributed by atoms with E-state index in [2.05, 4.69) is 5.32 Å². The summed E-state index contributed by atoms with van der Waals surface area (Å²) in [6, 6.07) is 0.833. The smallest absolute Gasteiger partial charge is 0.314 e. The second-order valence-electron chi connectivity index (χ2n) is 5.13. The van der Waals surface area contributed by atoms with Gasteiger partial charge >= 0.3 is 6.03 Å². The molecule has 0 radical (unpaired) electrons. The summed E-state index contributed by atoms with van der Waals surface area (Å²) in [6.45, 7) is 1.57. The molecule has 0 bridgehead atoms. The molecule has 2 fully saturated rings. The zero-order valence-corrected chi connectivity index (χ0v) is 10.5. The molecule has 2 rings (SSSR count). The predicted octanol–water partition coefficient (Wildman–Crippen LogP) is 0.687. The molecule has 1 saturated heterocycles. The molecule has 98 valence electrons. The molecule has 1 saturated carbocycles. The van der Waals surface area contributed by atoms with Gasteiger partial charge in [-0.05, 0) is 32.1 Å². The lowest BCUT2D eigenvalue weighted by Crippen LogP contribution is -2.48. The number of urea groups is 1. The highest BCUT2D eigenvalue weighted by Gasteiger charge is 2.28. The monoisotopic (exact) mass is 241 g/mol. The van der Waals surface area contributed by atoms with Crippen LogP contribution < -0.4 is 11.1 Å². The number of carbonyl (C=O) groups excluding carboxylic acids is 1. The van der Waals surface area contributed by atoms with E-state index in [1.165, 1.54) is 6.42 Å². The van der Waals surface area contributed by atoms with Crippen molar-refractivity contribution in [3.8, 4) is 0 Å². The van der Waals surface area contributed by atoms with Crippen LogP contribution in [0.25, 0.3) is 0 Å². The van der Waals surface area contributed by atoms with Gasteiger partial charge < -0.3 is 20.7 Å². The lowest BCUT2D eigenvalue weighted by Gasteiger charge is -2.33. The maximum Gasteiger partial charge on any atom is 0.314 e. The molecule has 1 aliphatic carbocycles. The highest BCUT2D eigenvalue weighted by Crippen LogP contribution is 2.23. The van der Waals surface area contributed by atoms with Crippen LogP contribution in [0, 0.1) is 0 Å². The number of primary amides is 1. The Morgan fingerprint density at radius 3 is 2.47 bits per heavy atom. The van der Waals surface area contributed by atoms with E-state index in [4.69, 9.17) is 10.5 Å². The molecule has 2 aliphatic rings. The molecule has 3 N–H and O–H groups in total. The number of piperidine rings is 1. The number of ether oxygens (including phenoxy) is 1. The number of likely N-dealkylation sites (tertiary alicyclic amines) is 1. The van der Waals surface area contributed by atoms with Gasteiger partial charge in [-0.2, -0.15) is 0 Å². The molecule has 0 aromatic heterocycles. The van der Waals surface area contributed by atoms with Crippen LogP contribution in [0.2, 0.25) is 0 Å². The number of methoxy groups -OCH3 is 1. The standard InChI is InChI=1S/C12H23N3O2/c1-17-11-3-2-10(8-11)14-9-4-6-15(7-5-9)12(13)16/h9-11,14H,2-8H2,1H3,(H2,13,16). The molecular formula is C12H23N3O2. The second kappa shape index (κ2) is 5.69. The molecule has 2 atom stereocenters. The van der Waals surface area contributed by atoms with E-state index >= 15 is 0 Å². The van der Waals surface area contributed by atoms with E-state index in [1.807, 2.05) is 0 Å². The average Bonchev–Trinajstić information content (AvgIpc) is 2.77. The Balaban J connectivity index is 1.70. The normalized spacial score (nSPS) is 30.8. The summed E-state index contributed by atoms with van der Waals surface area (Å²) in [5.74, 6) is 0. The van der Waals surface area contributed by atoms with Crippen molar-refractivity contribution < 1.29 is 9.53 Å². The van der Waals surface area contributed by atoms with Gasteiger partial charge in [0.1, 0.15) is 0 Å². The first-order chi connectivity index (χ1) is 8.19. The molecule has 0 aromatic rings. The van der Waals surface area contributed by atoms with Gasteiger partial charge in [-0.25, -0.2) is 4.79 Å². The Labute approximate surface area is 103 Å². The number of nitrogens with one attached hydrogen (secondary N) is 1. The second-order valence-corrected chi connectivity index (χ2v) is 5.13. The van der Waals surface area contributed by atoms with Gasteiger partial charge in [0.05, 0.1) is 6.10 Å². The summed E-state index contributed by atoms with van der Waals surface area (Å²) >= 11 is 0. The lowest BCUT2D eigenvalue weighted by atomic mass is 10.0. The molecular weight excluding hydrogens is 218 g/mol. The summed E-state index contributed by atoms with van der Waals surface area (Å²) in [7, 11) is 1.79. The molecule has 5 nitrogen and oxygen atoms in total. The fraction of sp³-hybridized carbons (Fsp3) is 0.917. The Hall–Kier alpha value is -0.810. The molecule has 1 heterocycles. The minimum absolute atomic E-state index is 0.288. The van der Waals surface area contributed by atoms with Gasteiger partial charge in [-0.3, -0.25) is 0 Å². The van der Waals surface area contributed by atoms with Gasteiger partial charge in [0.15, 0.2) is 0 Å². The van der Waals surface area contributed by atoms with Crippen molar-refractivity contribution in [1.82, 2.24) is 10.2 Å². The van der Waals surface area contributed by atoms with Gasteiger partial charge in [0.2, 0.25) is 0 Å². The number of rotatable bonds is 3. The van der Waals surface area contributed by atoms with Crippen LogP contribution in [-0.4, -0.2) is 49.3 Å². The number of nitrogens with two attached hydrogens (primary N) is 1. The summed E-state index contributed by atoms with van der Waals surface area (Å²) in [5.41, 5.74) is 5.26. The highest BCUT2D eigenvalue weighted by atomic mass is 16.5. The molecule has 2 unspecified atom stereocenters. The van der Waals surface area contributed by atoms with Crippen molar-refractivity contribution in [2.24, 2.45) is 5.73 Å². The van der Waals surface area contributed by atoms with Crippen LogP contribution in [0.5, 0.6) is 0 Å². The fourth-order valence-electron chi connectivity index (χ4n) is 2.91. The molecule has 2 amide bonds. The lowest BCUT2D eigenvalue weighted by molar-refractivity contribution is 0.106. The van der Waals surface area contributed by atoms with Crippen LogP contribution in [0.1, 0.15) is 32.1 Å². The minimum Gasteiger partial charge on any atom is -0.381 e. The number of hydrogen-bond donors (Lipinski definition) is 2. The first kappa shape index (κ1) is 12.6. The van der Waals surface area contributed by atoms with Gasteiger partial charge in [0.25, 0.3) is 0 Å². The molecule has 0 aromatic carbocycles. The SMILES string of the molecule is COC1CCC(NC2CCN(C(N)=O)CC2)C1. The Morgan fingerprint density at radius 1 is 1.24 bits per heavy atom. The Bertz CT molecular complexity index is 264. The van der Waals surface area contributed by atoms with Crippen LogP contribution in [-0.2, 0) is 4.74 Å². The summed E-state index contributed by atoms with van der Waals surface area (Å²) < 4.78 is 5.37. The van der Waals surface area contributed by atoms with Crippen LogP contribution in [0.4, 0.5) is 4.79 Å². The van der Waals surface area contributed by atoms with Crippen molar-refractivity contribution in [3.05, 3.63) is 0 Å². The van der Waals surface area contributed by atoms with Gasteiger partial charge in [-0.1, -0.05) is 0 Å².